The second kappa shape index (κ2) is 8.54. The minimum absolute atomic E-state index is 0.0900. The van der Waals surface area contributed by atoms with E-state index in [4.69, 9.17) is 19.9 Å². The van der Waals surface area contributed by atoms with Crippen molar-refractivity contribution in [1.29, 1.82) is 0 Å². The third-order valence-corrected chi connectivity index (χ3v) is 3.90. The van der Waals surface area contributed by atoms with Crippen LogP contribution in [0.2, 0.25) is 0 Å². The van der Waals surface area contributed by atoms with Crippen LogP contribution in [0.25, 0.3) is 0 Å². The molecule has 132 valence electrons. The molecular formula is C17H24N2O5. The van der Waals surface area contributed by atoms with E-state index in [1.165, 1.54) is 7.11 Å². The van der Waals surface area contributed by atoms with Crippen molar-refractivity contribution in [2.75, 3.05) is 33.4 Å². The number of methoxy groups -OCH3 is 1. The van der Waals surface area contributed by atoms with Gasteiger partial charge in [0.1, 0.15) is 0 Å². The Kier molecular flexibility index (Phi) is 6.43. The highest BCUT2D eigenvalue weighted by Crippen LogP contribution is 2.28. The standard InChI is InChI=1S/C17H24N2O5/c1-3-19(10-13-5-4-8-23-13)17(21)12-6-7-14(15(9-12)22-2)24-11-16(18)20/h6-7,9,13H,3-5,8,10-11H2,1-2H3,(H2,18,20). The first-order chi connectivity index (χ1) is 11.5. The monoisotopic (exact) mass is 336 g/mol. The zero-order valence-corrected chi connectivity index (χ0v) is 14.1. The zero-order valence-electron chi connectivity index (χ0n) is 14.1. The fourth-order valence-electron chi connectivity index (χ4n) is 2.64. The second-order valence-electron chi connectivity index (χ2n) is 5.60. The number of likely N-dealkylation sites (N-methyl/N-ethyl adjacent to an activating group) is 1. The van der Waals surface area contributed by atoms with Crippen molar-refractivity contribution in [3.8, 4) is 11.5 Å². The van der Waals surface area contributed by atoms with Crippen LogP contribution in [0, 0.1) is 0 Å². The van der Waals surface area contributed by atoms with E-state index in [-0.39, 0.29) is 18.6 Å². The Balaban J connectivity index is 2.10. The summed E-state index contributed by atoms with van der Waals surface area (Å²) in [4.78, 5) is 25.3. The molecule has 1 aromatic carbocycles. The first-order valence-corrected chi connectivity index (χ1v) is 8.05. The Morgan fingerprint density at radius 2 is 2.17 bits per heavy atom. The van der Waals surface area contributed by atoms with E-state index in [9.17, 15) is 9.59 Å². The van der Waals surface area contributed by atoms with E-state index in [2.05, 4.69) is 0 Å². The zero-order chi connectivity index (χ0) is 17.5. The smallest absolute Gasteiger partial charge is 0.255 e. The number of amides is 2. The molecule has 1 aliphatic rings. The molecule has 1 fully saturated rings. The fraction of sp³-hybridized carbons (Fsp3) is 0.529. The molecule has 0 aliphatic carbocycles. The first kappa shape index (κ1) is 18.1. The summed E-state index contributed by atoms with van der Waals surface area (Å²) in [6.45, 7) is 3.63. The van der Waals surface area contributed by atoms with Crippen LogP contribution in [0.1, 0.15) is 30.1 Å². The molecule has 1 heterocycles. The summed E-state index contributed by atoms with van der Waals surface area (Å²) in [7, 11) is 1.48. The van der Waals surface area contributed by atoms with Gasteiger partial charge < -0.3 is 24.8 Å². The molecule has 0 aromatic heterocycles. The maximum Gasteiger partial charge on any atom is 0.255 e. The molecule has 0 bridgehead atoms. The van der Waals surface area contributed by atoms with Crippen LogP contribution < -0.4 is 15.2 Å². The van der Waals surface area contributed by atoms with Crippen LogP contribution in [0.4, 0.5) is 0 Å². The van der Waals surface area contributed by atoms with Crippen molar-refractivity contribution in [3.63, 3.8) is 0 Å². The summed E-state index contributed by atoms with van der Waals surface area (Å²) in [6.07, 6.45) is 2.12. The lowest BCUT2D eigenvalue weighted by Gasteiger charge is -2.24. The average molecular weight is 336 g/mol. The number of ether oxygens (including phenoxy) is 3. The molecule has 2 rings (SSSR count). The van der Waals surface area contributed by atoms with Crippen molar-refractivity contribution in [2.24, 2.45) is 5.73 Å². The maximum absolute atomic E-state index is 12.7. The Bertz CT molecular complexity index is 584. The van der Waals surface area contributed by atoms with Gasteiger partial charge in [-0.1, -0.05) is 0 Å². The highest BCUT2D eigenvalue weighted by molar-refractivity contribution is 5.95. The molecule has 2 amide bonds. The minimum atomic E-state index is -0.578. The highest BCUT2D eigenvalue weighted by atomic mass is 16.5. The SMILES string of the molecule is CCN(CC1CCCO1)C(=O)c1ccc(OCC(N)=O)c(OC)c1. The van der Waals surface area contributed by atoms with Gasteiger partial charge in [-0.05, 0) is 38.0 Å². The lowest BCUT2D eigenvalue weighted by atomic mass is 10.1. The van der Waals surface area contributed by atoms with Crippen LogP contribution in [0.15, 0.2) is 18.2 Å². The topological polar surface area (TPSA) is 91.1 Å². The van der Waals surface area contributed by atoms with E-state index in [0.29, 0.717) is 30.2 Å². The number of hydrogen-bond donors (Lipinski definition) is 1. The largest absolute Gasteiger partial charge is 0.493 e. The molecule has 0 saturated carbocycles. The molecule has 1 saturated heterocycles. The molecule has 1 aromatic rings. The number of rotatable bonds is 8. The van der Waals surface area contributed by atoms with Gasteiger partial charge in [0.15, 0.2) is 18.1 Å². The Labute approximate surface area is 141 Å². The summed E-state index contributed by atoms with van der Waals surface area (Å²) in [5, 5.41) is 0. The van der Waals surface area contributed by atoms with E-state index in [0.717, 1.165) is 19.4 Å². The summed E-state index contributed by atoms with van der Waals surface area (Å²) < 4.78 is 16.1. The van der Waals surface area contributed by atoms with E-state index < -0.39 is 5.91 Å². The molecule has 2 N–H and O–H groups in total. The molecular weight excluding hydrogens is 312 g/mol. The number of hydrogen-bond acceptors (Lipinski definition) is 5. The Morgan fingerprint density at radius 1 is 1.38 bits per heavy atom. The van der Waals surface area contributed by atoms with E-state index in [1.807, 2.05) is 6.92 Å². The minimum Gasteiger partial charge on any atom is -0.493 e. The number of nitrogens with zero attached hydrogens (tertiary/aromatic N) is 1. The van der Waals surface area contributed by atoms with Gasteiger partial charge >= 0.3 is 0 Å². The molecule has 1 atom stereocenters. The molecule has 7 nitrogen and oxygen atoms in total. The van der Waals surface area contributed by atoms with Gasteiger partial charge in [-0.3, -0.25) is 9.59 Å². The van der Waals surface area contributed by atoms with Crippen LogP contribution in [-0.4, -0.2) is 56.2 Å². The molecule has 1 unspecified atom stereocenters. The molecule has 24 heavy (non-hydrogen) atoms. The molecule has 0 spiro atoms. The van der Waals surface area contributed by atoms with Gasteiger partial charge in [0.2, 0.25) is 0 Å². The van der Waals surface area contributed by atoms with Crippen molar-refractivity contribution in [2.45, 2.75) is 25.9 Å². The normalized spacial score (nSPS) is 16.7. The Hall–Kier alpha value is -2.28. The maximum atomic E-state index is 12.7. The van der Waals surface area contributed by atoms with Gasteiger partial charge in [-0.25, -0.2) is 0 Å². The van der Waals surface area contributed by atoms with Crippen molar-refractivity contribution < 1.29 is 23.8 Å². The number of carbonyl (C=O) groups excluding carboxylic acids is 2. The quantitative estimate of drug-likeness (QED) is 0.770. The highest BCUT2D eigenvalue weighted by Gasteiger charge is 2.23. The predicted octanol–water partition coefficient (Wildman–Crippen LogP) is 1.20. The number of carbonyl (C=O) groups is 2. The van der Waals surface area contributed by atoms with Crippen molar-refractivity contribution >= 4 is 11.8 Å². The molecule has 0 radical (unpaired) electrons. The Morgan fingerprint density at radius 3 is 2.75 bits per heavy atom. The van der Waals surface area contributed by atoms with Gasteiger partial charge in [0.05, 0.1) is 13.2 Å². The van der Waals surface area contributed by atoms with Crippen LogP contribution >= 0.6 is 0 Å². The third-order valence-electron chi connectivity index (χ3n) is 3.90. The van der Waals surface area contributed by atoms with Crippen LogP contribution in [0.3, 0.4) is 0 Å². The molecule has 7 heteroatoms. The van der Waals surface area contributed by atoms with Gasteiger partial charge in [0.25, 0.3) is 11.8 Å². The lowest BCUT2D eigenvalue weighted by molar-refractivity contribution is -0.119. The number of benzene rings is 1. The summed E-state index contributed by atoms with van der Waals surface area (Å²) >= 11 is 0. The fourth-order valence-corrected chi connectivity index (χ4v) is 2.64. The first-order valence-electron chi connectivity index (χ1n) is 8.05. The van der Waals surface area contributed by atoms with Gasteiger partial charge in [-0.15, -0.1) is 0 Å². The number of nitrogens with two attached hydrogens (primary N) is 1. The average Bonchev–Trinajstić information content (AvgIpc) is 3.10. The number of primary amides is 1. The van der Waals surface area contributed by atoms with E-state index in [1.54, 1.807) is 23.1 Å². The summed E-state index contributed by atoms with van der Waals surface area (Å²) in [6, 6.07) is 4.87. The summed E-state index contributed by atoms with van der Waals surface area (Å²) in [5.74, 6) is 0.0870. The second-order valence-corrected chi connectivity index (χ2v) is 5.60. The van der Waals surface area contributed by atoms with Crippen molar-refractivity contribution in [3.05, 3.63) is 23.8 Å². The molecule has 1 aliphatic heterocycles. The van der Waals surface area contributed by atoms with Crippen LogP contribution in [0.5, 0.6) is 11.5 Å². The van der Waals surface area contributed by atoms with Crippen molar-refractivity contribution in [1.82, 2.24) is 4.90 Å². The van der Waals surface area contributed by atoms with E-state index >= 15 is 0 Å². The third kappa shape index (κ3) is 4.61. The summed E-state index contributed by atoms with van der Waals surface area (Å²) in [5.41, 5.74) is 5.57. The van der Waals surface area contributed by atoms with Crippen LogP contribution in [-0.2, 0) is 9.53 Å². The van der Waals surface area contributed by atoms with Gasteiger partial charge in [-0.2, -0.15) is 0 Å². The lowest BCUT2D eigenvalue weighted by Crippen LogP contribution is -2.37. The van der Waals surface area contributed by atoms with Gasteiger partial charge in [0, 0.05) is 25.3 Å². The predicted molar refractivity (Wildman–Crippen MR) is 88.2 cm³/mol.